The van der Waals surface area contributed by atoms with Crippen LogP contribution in [0.15, 0.2) is 42.7 Å². The summed E-state index contributed by atoms with van der Waals surface area (Å²) < 4.78 is 37.4. The van der Waals surface area contributed by atoms with Crippen LogP contribution in [0.4, 0.5) is 13.2 Å². The lowest BCUT2D eigenvalue weighted by molar-refractivity contribution is -0.137. The molecule has 2 rings (SSSR count). The molecule has 1 atom stereocenters. The van der Waals surface area contributed by atoms with E-state index in [2.05, 4.69) is 15.6 Å². The summed E-state index contributed by atoms with van der Waals surface area (Å²) in [5, 5.41) is 7.41. The number of benzene rings is 1. The van der Waals surface area contributed by atoms with Crippen molar-refractivity contribution in [2.45, 2.75) is 18.6 Å². The van der Waals surface area contributed by atoms with Gasteiger partial charge in [0.15, 0.2) is 0 Å². The summed E-state index contributed by atoms with van der Waals surface area (Å²) in [6.07, 6.45) is -0.763. The average Bonchev–Trinajstić information content (AvgIpc) is 2.45. The van der Waals surface area contributed by atoms with Crippen molar-refractivity contribution in [2.24, 2.45) is 5.84 Å². The second-order valence-corrected chi connectivity index (χ2v) is 4.29. The van der Waals surface area contributed by atoms with E-state index < -0.39 is 11.7 Å². The Labute approximate surface area is 113 Å². The maximum atomic E-state index is 12.5. The lowest BCUT2D eigenvalue weighted by Crippen LogP contribution is -2.29. The van der Waals surface area contributed by atoms with Crippen molar-refractivity contribution in [1.82, 2.24) is 15.6 Å². The van der Waals surface area contributed by atoms with Crippen LogP contribution in [0.3, 0.4) is 0 Å². The number of nitrogens with one attached hydrogen (secondary N) is 1. The first-order valence-corrected chi connectivity index (χ1v) is 5.89. The highest BCUT2D eigenvalue weighted by Gasteiger charge is 2.30. The van der Waals surface area contributed by atoms with Gasteiger partial charge in [0.1, 0.15) is 0 Å². The zero-order valence-electron chi connectivity index (χ0n) is 10.4. The van der Waals surface area contributed by atoms with E-state index in [-0.39, 0.29) is 6.04 Å². The van der Waals surface area contributed by atoms with Gasteiger partial charge in [-0.05, 0) is 35.7 Å². The topological polar surface area (TPSA) is 63.8 Å². The minimum atomic E-state index is -4.32. The highest BCUT2D eigenvalue weighted by Crippen LogP contribution is 2.29. The van der Waals surface area contributed by atoms with Crippen LogP contribution in [0.2, 0.25) is 0 Å². The first-order valence-electron chi connectivity index (χ1n) is 5.89. The number of nitrogens with zero attached hydrogens (tertiary/aromatic N) is 2. The smallest absolute Gasteiger partial charge is 0.271 e. The molecule has 1 unspecified atom stereocenters. The second kappa shape index (κ2) is 5.98. The van der Waals surface area contributed by atoms with E-state index in [1.165, 1.54) is 18.3 Å². The predicted octanol–water partition coefficient (Wildman–Crippen LogP) is 2.24. The maximum absolute atomic E-state index is 12.5. The summed E-state index contributed by atoms with van der Waals surface area (Å²) in [5.74, 6) is 5.47. The SMILES string of the molecule is NNC(Cc1ccc(C(F)(F)F)cc1)c1ccnnc1. The molecule has 1 aromatic carbocycles. The van der Waals surface area contributed by atoms with Gasteiger partial charge in [-0.1, -0.05) is 12.1 Å². The lowest BCUT2D eigenvalue weighted by Gasteiger charge is -2.16. The second-order valence-electron chi connectivity index (χ2n) is 4.29. The molecule has 106 valence electrons. The van der Waals surface area contributed by atoms with Gasteiger partial charge in [-0.25, -0.2) is 0 Å². The first-order chi connectivity index (χ1) is 9.50. The normalized spacial score (nSPS) is 13.2. The van der Waals surface area contributed by atoms with Crippen LogP contribution in [-0.4, -0.2) is 10.2 Å². The van der Waals surface area contributed by atoms with Crippen LogP contribution >= 0.6 is 0 Å². The largest absolute Gasteiger partial charge is 0.416 e. The molecule has 2 aromatic rings. The average molecular weight is 282 g/mol. The Balaban J connectivity index is 2.13. The fraction of sp³-hybridized carbons (Fsp3) is 0.231. The van der Waals surface area contributed by atoms with E-state index >= 15 is 0 Å². The van der Waals surface area contributed by atoms with Crippen molar-refractivity contribution in [3.63, 3.8) is 0 Å². The van der Waals surface area contributed by atoms with Gasteiger partial charge in [0.05, 0.1) is 17.8 Å². The Kier molecular flexibility index (Phi) is 4.31. The molecule has 0 aliphatic heterocycles. The van der Waals surface area contributed by atoms with Gasteiger partial charge in [-0.2, -0.15) is 23.4 Å². The fourth-order valence-electron chi connectivity index (χ4n) is 1.85. The molecule has 0 aliphatic carbocycles. The van der Waals surface area contributed by atoms with Crippen LogP contribution in [-0.2, 0) is 12.6 Å². The third-order valence-electron chi connectivity index (χ3n) is 2.93. The number of halogens is 3. The van der Waals surface area contributed by atoms with Crippen molar-refractivity contribution in [1.29, 1.82) is 0 Å². The number of hydrogen-bond donors (Lipinski definition) is 2. The van der Waals surface area contributed by atoms with E-state index in [0.29, 0.717) is 6.42 Å². The number of alkyl halides is 3. The molecule has 1 aromatic heterocycles. The van der Waals surface area contributed by atoms with Crippen LogP contribution in [0, 0.1) is 0 Å². The Morgan fingerprint density at radius 2 is 1.80 bits per heavy atom. The Hall–Kier alpha value is -1.99. The van der Waals surface area contributed by atoms with E-state index in [9.17, 15) is 13.2 Å². The van der Waals surface area contributed by atoms with E-state index in [1.807, 2.05) is 0 Å². The summed E-state index contributed by atoms with van der Waals surface area (Å²) in [5.41, 5.74) is 3.53. The van der Waals surface area contributed by atoms with Gasteiger partial charge in [-0.15, -0.1) is 0 Å². The van der Waals surface area contributed by atoms with Gasteiger partial charge in [0.2, 0.25) is 0 Å². The molecule has 1 heterocycles. The zero-order valence-corrected chi connectivity index (χ0v) is 10.4. The lowest BCUT2D eigenvalue weighted by atomic mass is 10.00. The number of hydrogen-bond acceptors (Lipinski definition) is 4. The maximum Gasteiger partial charge on any atom is 0.416 e. The van der Waals surface area contributed by atoms with Gasteiger partial charge < -0.3 is 0 Å². The minimum Gasteiger partial charge on any atom is -0.271 e. The first kappa shape index (κ1) is 14.4. The monoisotopic (exact) mass is 282 g/mol. The third-order valence-corrected chi connectivity index (χ3v) is 2.93. The standard InChI is InChI=1S/C13H13F3N4/c14-13(15,16)11-3-1-9(2-4-11)7-12(20-17)10-5-6-18-19-8-10/h1-6,8,12,20H,7,17H2. The molecule has 0 amide bonds. The molecule has 0 bridgehead atoms. The van der Waals surface area contributed by atoms with Crippen LogP contribution in [0.5, 0.6) is 0 Å². The Bertz CT molecular complexity index is 540. The van der Waals surface area contributed by atoms with Crippen molar-refractivity contribution < 1.29 is 13.2 Å². The van der Waals surface area contributed by atoms with Gasteiger partial charge in [-0.3, -0.25) is 11.3 Å². The Morgan fingerprint density at radius 3 is 2.30 bits per heavy atom. The molecule has 20 heavy (non-hydrogen) atoms. The van der Waals surface area contributed by atoms with Crippen LogP contribution in [0.25, 0.3) is 0 Å². The van der Waals surface area contributed by atoms with Crippen LogP contribution < -0.4 is 11.3 Å². The van der Waals surface area contributed by atoms with Gasteiger partial charge in [0, 0.05) is 6.20 Å². The van der Waals surface area contributed by atoms with Crippen molar-refractivity contribution in [3.8, 4) is 0 Å². The number of nitrogens with two attached hydrogens (primary N) is 1. The minimum absolute atomic E-state index is 0.234. The van der Waals surface area contributed by atoms with Gasteiger partial charge in [0.25, 0.3) is 0 Å². The highest BCUT2D eigenvalue weighted by atomic mass is 19.4. The zero-order chi connectivity index (χ0) is 14.6. The quantitative estimate of drug-likeness (QED) is 0.667. The number of hydrazine groups is 1. The number of aromatic nitrogens is 2. The molecular formula is C13H13F3N4. The van der Waals surface area contributed by atoms with Crippen LogP contribution in [0.1, 0.15) is 22.7 Å². The molecular weight excluding hydrogens is 269 g/mol. The van der Waals surface area contributed by atoms with Crippen molar-refractivity contribution in [3.05, 3.63) is 59.4 Å². The molecule has 7 heteroatoms. The summed E-state index contributed by atoms with van der Waals surface area (Å²) in [6, 6.07) is 6.54. The molecule has 3 N–H and O–H groups in total. The van der Waals surface area contributed by atoms with Gasteiger partial charge >= 0.3 is 6.18 Å². The highest BCUT2D eigenvalue weighted by molar-refractivity contribution is 5.26. The van der Waals surface area contributed by atoms with E-state index in [0.717, 1.165) is 23.3 Å². The third kappa shape index (κ3) is 3.52. The summed E-state index contributed by atoms with van der Waals surface area (Å²) in [6.45, 7) is 0. The molecule has 4 nitrogen and oxygen atoms in total. The summed E-state index contributed by atoms with van der Waals surface area (Å²) in [4.78, 5) is 0. The van der Waals surface area contributed by atoms with Crippen molar-refractivity contribution >= 4 is 0 Å². The molecule has 0 spiro atoms. The number of rotatable bonds is 4. The summed E-state index contributed by atoms with van der Waals surface area (Å²) >= 11 is 0. The predicted molar refractivity (Wildman–Crippen MR) is 67.2 cm³/mol. The Morgan fingerprint density at radius 1 is 1.10 bits per heavy atom. The van der Waals surface area contributed by atoms with Crippen molar-refractivity contribution in [2.75, 3.05) is 0 Å². The molecule has 0 saturated heterocycles. The molecule has 0 saturated carbocycles. The fourth-order valence-corrected chi connectivity index (χ4v) is 1.85. The summed E-state index contributed by atoms with van der Waals surface area (Å²) in [7, 11) is 0. The molecule has 0 radical (unpaired) electrons. The van der Waals surface area contributed by atoms with E-state index in [4.69, 9.17) is 5.84 Å². The van der Waals surface area contributed by atoms with E-state index in [1.54, 1.807) is 12.3 Å². The molecule has 0 fully saturated rings. The molecule has 0 aliphatic rings.